The molecular weight excluding hydrogens is 658 g/mol. The van der Waals surface area contributed by atoms with Crippen molar-refractivity contribution in [1.82, 2.24) is 0 Å². The van der Waals surface area contributed by atoms with Crippen LogP contribution in [0.1, 0.15) is 69.1 Å². The Hall–Kier alpha value is -1.67. The van der Waals surface area contributed by atoms with Crippen LogP contribution in [-0.2, 0) is 20.0 Å². The van der Waals surface area contributed by atoms with Gasteiger partial charge in [-0.05, 0) is 0 Å². The Balaban J connectivity index is 0.00000126. The molecule has 0 bridgehead atoms. The fourth-order valence-electron chi connectivity index (χ4n) is 9.13. The standard InChI is InChI=1S/2C14H11.C6H10.2ClH.Hf/c2*1-10-8-12-7-6-11-4-2-3-5-13(11)14(12)9-10;1-2-4-6-5-3-1;;;/h2*2-9H,1H3;1-2H,3-6H2;2*1H;/q;;;;;+2/p-2. The van der Waals surface area contributed by atoms with Crippen molar-refractivity contribution in [3.63, 3.8) is 0 Å². The number of hydrogen-bond acceptors (Lipinski definition) is 0. The summed E-state index contributed by atoms with van der Waals surface area (Å²) in [4.78, 5) is 0. The molecule has 0 N–H and O–H groups in total. The average molecular weight is 690 g/mol. The van der Waals surface area contributed by atoms with Crippen LogP contribution in [0.3, 0.4) is 0 Å². The Kier molecular flexibility index (Phi) is 6.38. The molecular formula is C34H32Cl2Hf. The summed E-state index contributed by atoms with van der Waals surface area (Å²) in [6, 6.07) is 28.0. The largest absolute Gasteiger partial charge is 1.00 e. The van der Waals surface area contributed by atoms with Gasteiger partial charge in [-0.25, -0.2) is 0 Å². The molecule has 186 valence electrons. The zero-order valence-electron chi connectivity index (χ0n) is 21.5. The van der Waals surface area contributed by atoms with E-state index in [1.165, 1.54) is 47.2 Å². The molecule has 0 radical (unpaired) electrons. The van der Waals surface area contributed by atoms with Crippen LogP contribution in [0.15, 0.2) is 83.9 Å². The van der Waals surface area contributed by atoms with Gasteiger partial charge < -0.3 is 24.8 Å². The SMILES string of the molecule is CC1=Cc2c(ccc3ccccc23)[CH]1[Hf+2]1([CH]2C(C)=Cc3c2ccc2ccccc32)[CH]2CCCC[CH]21.[Cl-].[Cl-]. The molecule has 0 aromatic heterocycles. The van der Waals surface area contributed by atoms with Crippen LogP contribution >= 0.6 is 0 Å². The molecule has 1 aliphatic heterocycles. The Bertz CT molecular complexity index is 1490. The van der Waals surface area contributed by atoms with Crippen LogP contribution < -0.4 is 24.8 Å². The molecule has 4 aromatic carbocycles. The van der Waals surface area contributed by atoms with Gasteiger partial charge >= 0.3 is 214 Å². The summed E-state index contributed by atoms with van der Waals surface area (Å²) in [5.74, 6) is 0. The van der Waals surface area contributed by atoms with Crippen LogP contribution in [-0.4, -0.2) is 0 Å². The molecule has 0 amide bonds. The van der Waals surface area contributed by atoms with Crippen molar-refractivity contribution in [3.8, 4) is 0 Å². The summed E-state index contributed by atoms with van der Waals surface area (Å²) in [6.45, 7) is 4.97. The molecule has 2 fully saturated rings. The summed E-state index contributed by atoms with van der Waals surface area (Å²) in [5.41, 5.74) is 9.86. The van der Waals surface area contributed by atoms with E-state index >= 15 is 0 Å². The van der Waals surface area contributed by atoms with Crippen molar-refractivity contribution in [3.05, 3.63) is 106 Å². The van der Waals surface area contributed by atoms with Gasteiger partial charge in [0.15, 0.2) is 0 Å². The third kappa shape index (κ3) is 3.36. The second-order valence-corrected chi connectivity index (χ2v) is 28.4. The first-order valence-electron chi connectivity index (χ1n) is 13.6. The minimum atomic E-state index is -2.95. The maximum absolute atomic E-state index is 2.95. The van der Waals surface area contributed by atoms with Crippen LogP contribution in [0.5, 0.6) is 0 Å². The van der Waals surface area contributed by atoms with Gasteiger partial charge in [0, 0.05) is 0 Å². The topological polar surface area (TPSA) is 0 Å². The van der Waals surface area contributed by atoms with Crippen LogP contribution in [0.4, 0.5) is 0 Å². The third-order valence-electron chi connectivity index (χ3n) is 10.2. The van der Waals surface area contributed by atoms with Crippen molar-refractivity contribution in [2.75, 3.05) is 0 Å². The summed E-state index contributed by atoms with van der Waals surface area (Å²) in [7, 11) is 0. The Labute approximate surface area is 237 Å². The molecule has 3 heteroatoms. The maximum Gasteiger partial charge on any atom is -1.00 e. The van der Waals surface area contributed by atoms with Gasteiger partial charge in [-0.15, -0.1) is 0 Å². The van der Waals surface area contributed by atoms with E-state index in [-0.39, 0.29) is 24.8 Å². The molecule has 1 heterocycles. The van der Waals surface area contributed by atoms with E-state index in [0.717, 1.165) is 14.7 Å². The molecule has 4 aliphatic rings. The number of fused-ring (bicyclic) bond motifs is 7. The van der Waals surface area contributed by atoms with E-state index in [4.69, 9.17) is 0 Å². The summed E-state index contributed by atoms with van der Waals surface area (Å²) < 4.78 is 3.63. The first-order valence-corrected chi connectivity index (χ1v) is 21.9. The van der Waals surface area contributed by atoms with E-state index in [0.29, 0.717) is 0 Å². The molecule has 1 saturated carbocycles. The van der Waals surface area contributed by atoms with Crippen molar-refractivity contribution in [2.24, 2.45) is 0 Å². The molecule has 4 atom stereocenters. The molecule has 1 saturated heterocycles. The molecule has 37 heavy (non-hydrogen) atoms. The molecule has 0 spiro atoms. The first-order chi connectivity index (χ1) is 17.2. The van der Waals surface area contributed by atoms with Gasteiger partial charge in [0.2, 0.25) is 0 Å². The normalized spacial score (nSPS) is 27.2. The second kappa shape index (κ2) is 9.22. The predicted molar refractivity (Wildman–Crippen MR) is 147 cm³/mol. The van der Waals surface area contributed by atoms with Crippen LogP contribution in [0.2, 0.25) is 7.35 Å². The molecule has 4 aromatic rings. The van der Waals surface area contributed by atoms with Gasteiger partial charge in [0.1, 0.15) is 0 Å². The van der Waals surface area contributed by atoms with Gasteiger partial charge in [0.05, 0.1) is 0 Å². The number of allylic oxidation sites excluding steroid dienone is 2. The fraction of sp³-hybridized carbons (Fsp3) is 0.294. The molecule has 3 aliphatic carbocycles. The predicted octanol–water partition coefficient (Wildman–Crippen LogP) is 3.94. The van der Waals surface area contributed by atoms with E-state index in [9.17, 15) is 0 Å². The van der Waals surface area contributed by atoms with Gasteiger partial charge in [-0.3, -0.25) is 0 Å². The number of hydrogen-bond donors (Lipinski definition) is 0. The molecule has 8 rings (SSSR count). The van der Waals surface area contributed by atoms with Crippen molar-refractivity contribution in [2.45, 2.75) is 54.2 Å². The van der Waals surface area contributed by atoms with Crippen molar-refractivity contribution >= 4 is 33.7 Å². The van der Waals surface area contributed by atoms with Crippen molar-refractivity contribution in [1.29, 1.82) is 0 Å². The quantitative estimate of drug-likeness (QED) is 0.280. The minimum absolute atomic E-state index is 0. The average Bonchev–Trinajstić information content (AvgIpc) is 3.20. The van der Waals surface area contributed by atoms with E-state index in [1.807, 2.05) is 0 Å². The summed E-state index contributed by atoms with van der Waals surface area (Å²) >= 11 is -2.95. The smallest absolute Gasteiger partial charge is 1.00 e. The van der Waals surface area contributed by atoms with Crippen LogP contribution in [0.25, 0.3) is 33.7 Å². The van der Waals surface area contributed by atoms with Gasteiger partial charge in [-0.1, -0.05) is 0 Å². The summed E-state index contributed by atoms with van der Waals surface area (Å²) in [6.07, 6.45) is 11.1. The Morgan fingerprint density at radius 2 is 1.00 bits per heavy atom. The fourth-order valence-corrected chi connectivity index (χ4v) is 44.6. The Morgan fingerprint density at radius 1 is 0.568 bits per heavy atom. The number of benzene rings is 4. The zero-order chi connectivity index (χ0) is 23.3. The maximum atomic E-state index is 2.60. The van der Waals surface area contributed by atoms with Crippen LogP contribution in [0, 0.1) is 0 Å². The number of rotatable bonds is 2. The molecule has 0 nitrogen and oxygen atoms in total. The first kappa shape index (κ1) is 25.6. The molecule has 4 unspecified atom stereocenters. The number of halogens is 2. The monoisotopic (exact) mass is 690 g/mol. The van der Waals surface area contributed by atoms with E-state index < -0.39 is 20.0 Å². The second-order valence-electron chi connectivity index (χ2n) is 11.7. The zero-order valence-corrected chi connectivity index (χ0v) is 26.6. The Morgan fingerprint density at radius 3 is 1.46 bits per heavy atom. The van der Waals surface area contributed by atoms with E-state index in [1.54, 1.807) is 33.4 Å². The van der Waals surface area contributed by atoms with Crippen molar-refractivity contribution < 1.29 is 44.8 Å². The van der Waals surface area contributed by atoms with E-state index in [2.05, 4.69) is 98.8 Å². The summed E-state index contributed by atoms with van der Waals surface area (Å²) in [5, 5.41) is 5.71. The van der Waals surface area contributed by atoms with Gasteiger partial charge in [-0.2, -0.15) is 0 Å². The van der Waals surface area contributed by atoms with Gasteiger partial charge in [0.25, 0.3) is 0 Å². The minimum Gasteiger partial charge on any atom is -1.00 e. The third-order valence-corrected chi connectivity index (χ3v) is 35.7.